The van der Waals surface area contributed by atoms with Gasteiger partial charge in [0, 0.05) is 18.8 Å². The molecule has 7 nitrogen and oxygen atoms in total. The van der Waals surface area contributed by atoms with E-state index in [1.54, 1.807) is 0 Å². The van der Waals surface area contributed by atoms with Gasteiger partial charge in [0.2, 0.25) is 5.03 Å². The number of nitrogens with zero attached hydrogens (tertiary/aromatic N) is 3. The lowest BCUT2D eigenvalue weighted by molar-refractivity contribution is -0.429. The number of halogens is 2. The van der Waals surface area contributed by atoms with Crippen LogP contribution in [0.15, 0.2) is 51.2 Å². The molecule has 1 saturated heterocycles. The summed E-state index contributed by atoms with van der Waals surface area (Å²) >= 11 is 12.8. The van der Waals surface area contributed by atoms with Gasteiger partial charge in [0.05, 0.1) is 9.85 Å². The lowest BCUT2D eigenvalue weighted by Gasteiger charge is -2.30. The Morgan fingerprint density at radius 3 is 2.19 bits per heavy atom. The zero-order chi connectivity index (χ0) is 19.1. The molecule has 0 bridgehead atoms. The van der Waals surface area contributed by atoms with E-state index in [1.807, 2.05) is 35.2 Å². The van der Waals surface area contributed by atoms with E-state index in [9.17, 15) is 20.2 Å². The number of likely N-dealkylation sites (tertiary alicyclic amines) is 1. The Morgan fingerprint density at radius 2 is 1.65 bits per heavy atom. The van der Waals surface area contributed by atoms with Crippen LogP contribution < -0.4 is 0 Å². The molecule has 0 unspecified atom stereocenters. The van der Waals surface area contributed by atoms with Gasteiger partial charge >= 0.3 is 10.9 Å². The molecule has 0 aromatic heterocycles. The smallest absolute Gasteiger partial charge is 0.361 e. The fourth-order valence-electron chi connectivity index (χ4n) is 2.56. The molecule has 0 N–H and O–H groups in total. The Balaban J connectivity index is 2.46. The predicted octanol–water partition coefficient (Wildman–Crippen LogP) is 4.77. The highest BCUT2D eigenvalue weighted by Crippen LogP contribution is 2.35. The van der Waals surface area contributed by atoms with Crippen molar-refractivity contribution in [2.24, 2.45) is 0 Å². The van der Waals surface area contributed by atoms with Crippen LogP contribution in [-0.4, -0.2) is 27.8 Å². The van der Waals surface area contributed by atoms with Crippen molar-refractivity contribution in [1.82, 2.24) is 4.90 Å². The third kappa shape index (κ3) is 5.36. The van der Waals surface area contributed by atoms with E-state index in [-0.39, 0.29) is 0 Å². The molecular formula is C16H17Cl2N3O4S. The fourth-order valence-corrected chi connectivity index (χ4v) is 4.11. The highest BCUT2D eigenvalue weighted by molar-refractivity contribution is 8.02. The first-order valence-electron chi connectivity index (χ1n) is 7.92. The van der Waals surface area contributed by atoms with Gasteiger partial charge in [0.1, 0.15) is 0 Å². The second kappa shape index (κ2) is 9.80. The molecule has 1 aromatic carbocycles. The third-order valence-corrected chi connectivity index (χ3v) is 5.78. The molecule has 0 aliphatic carbocycles. The van der Waals surface area contributed by atoms with Crippen molar-refractivity contribution in [2.75, 3.05) is 13.1 Å². The van der Waals surface area contributed by atoms with Crippen LogP contribution in [0.3, 0.4) is 0 Å². The number of piperidine rings is 1. The highest BCUT2D eigenvalue weighted by atomic mass is 35.5. The summed E-state index contributed by atoms with van der Waals surface area (Å²) in [6.07, 6.45) is 2.83. The molecule has 0 atom stereocenters. The first-order valence-corrected chi connectivity index (χ1v) is 9.66. The number of benzene rings is 1. The summed E-state index contributed by atoms with van der Waals surface area (Å²) < 4.78 is 0. The summed E-state index contributed by atoms with van der Waals surface area (Å²) in [7, 11) is 0. The van der Waals surface area contributed by atoms with Gasteiger partial charge in [-0.05, 0) is 36.4 Å². The molecule has 1 aliphatic heterocycles. The minimum Gasteiger partial charge on any atom is -0.361 e. The maximum atomic E-state index is 11.7. The molecule has 1 fully saturated rings. The Hall–Kier alpha value is -1.77. The zero-order valence-corrected chi connectivity index (χ0v) is 16.1. The van der Waals surface area contributed by atoms with E-state index in [2.05, 4.69) is 0 Å². The lowest BCUT2D eigenvalue weighted by atomic mass is 10.1. The number of rotatable bonds is 7. The maximum absolute atomic E-state index is 11.7. The number of allylic oxidation sites excluding steroid dienone is 1. The van der Waals surface area contributed by atoms with Gasteiger partial charge in [0.15, 0.2) is 5.03 Å². The van der Waals surface area contributed by atoms with Gasteiger partial charge in [-0.1, -0.05) is 53.7 Å². The molecule has 0 amide bonds. The van der Waals surface area contributed by atoms with Gasteiger partial charge in [-0.25, -0.2) is 0 Å². The summed E-state index contributed by atoms with van der Waals surface area (Å²) in [6.45, 7) is 1.27. The summed E-state index contributed by atoms with van der Waals surface area (Å²) in [5.41, 5.74) is 0.464. The van der Waals surface area contributed by atoms with Gasteiger partial charge in [0.25, 0.3) is 0 Å². The molecule has 140 valence electrons. The van der Waals surface area contributed by atoms with Crippen LogP contribution in [0, 0.1) is 20.2 Å². The Morgan fingerprint density at radius 1 is 1.04 bits per heavy atom. The lowest BCUT2D eigenvalue weighted by Crippen LogP contribution is -2.30. The molecule has 1 heterocycles. The van der Waals surface area contributed by atoms with E-state index in [1.165, 1.54) is 11.8 Å². The van der Waals surface area contributed by atoms with E-state index in [0.29, 0.717) is 23.9 Å². The van der Waals surface area contributed by atoms with Crippen molar-refractivity contribution in [3.05, 3.63) is 77.0 Å². The van der Waals surface area contributed by atoms with Crippen LogP contribution in [-0.2, 0) is 5.75 Å². The molecule has 26 heavy (non-hydrogen) atoms. The molecule has 1 aromatic rings. The van der Waals surface area contributed by atoms with Crippen molar-refractivity contribution in [2.45, 2.75) is 25.0 Å². The second-order valence-electron chi connectivity index (χ2n) is 5.59. The van der Waals surface area contributed by atoms with Gasteiger partial charge in [-0.3, -0.25) is 20.2 Å². The molecule has 1 aliphatic rings. The number of nitro groups is 2. The van der Waals surface area contributed by atoms with Crippen LogP contribution in [0.4, 0.5) is 0 Å². The van der Waals surface area contributed by atoms with Crippen molar-refractivity contribution < 1.29 is 9.85 Å². The standard InChI is InChI=1S/C16H17Cl2N3O4S/c17-13(15(18)21(24)25)14(20(22)23)16(19-9-5-2-6-10-19)26-11-12-7-3-1-4-8-12/h1,3-4,7-8H,2,5-6,9-11H2/b15-13-,16-14-. The average molecular weight is 418 g/mol. The number of hydrogen-bond donors (Lipinski definition) is 0. The van der Waals surface area contributed by atoms with E-state index in [0.717, 1.165) is 24.8 Å². The van der Waals surface area contributed by atoms with Crippen LogP contribution in [0.1, 0.15) is 24.8 Å². The molecule has 10 heteroatoms. The quantitative estimate of drug-likeness (QED) is 0.274. The first kappa shape index (κ1) is 20.5. The van der Waals surface area contributed by atoms with Crippen molar-refractivity contribution in [3.8, 4) is 0 Å². The largest absolute Gasteiger partial charge is 0.363 e. The van der Waals surface area contributed by atoms with Gasteiger partial charge < -0.3 is 4.90 Å². The Labute approximate surface area is 164 Å². The van der Waals surface area contributed by atoms with Crippen LogP contribution >= 0.6 is 35.0 Å². The predicted molar refractivity (Wildman–Crippen MR) is 103 cm³/mol. The van der Waals surface area contributed by atoms with Crippen molar-refractivity contribution in [1.29, 1.82) is 0 Å². The fraction of sp³-hybridized carbons (Fsp3) is 0.375. The maximum Gasteiger partial charge on any atom is 0.363 e. The topological polar surface area (TPSA) is 89.5 Å². The van der Waals surface area contributed by atoms with E-state index in [4.69, 9.17) is 23.2 Å². The molecular weight excluding hydrogens is 401 g/mol. The third-order valence-electron chi connectivity index (χ3n) is 3.80. The van der Waals surface area contributed by atoms with Gasteiger partial charge in [-0.15, -0.1) is 0 Å². The summed E-state index contributed by atoms with van der Waals surface area (Å²) in [4.78, 5) is 22.8. The molecule has 0 saturated carbocycles. The first-order chi connectivity index (χ1) is 12.4. The normalized spacial score (nSPS) is 16.6. The average Bonchev–Trinajstić information content (AvgIpc) is 2.65. The SMILES string of the molecule is O=[N+]([O-])C(=C(\SCc1ccccc1)N1CCCCC1)/C(Cl)=C(\Cl)[N+](=O)[O-]. The Bertz CT molecular complexity index is 734. The monoisotopic (exact) mass is 417 g/mol. The molecule has 0 spiro atoms. The van der Waals surface area contributed by atoms with Crippen molar-refractivity contribution >= 4 is 35.0 Å². The number of hydrogen-bond acceptors (Lipinski definition) is 6. The summed E-state index contributed by atoms with van der Waals surface area (Å²) in [5, 5.41) is 21.3. The second-order valence-corrected chi connectivity index (χ2v) is 7.29. The number of thioether (sulfide) groups is 1. The van der Waals surface area contributed by atoms with Crippen LogP contribution in [0.5, 0.6) is 0 Å². The minimum atomic E-state index is -0.951. The molecule has 0 radical (unpaired) electrons. The van der Waals surface area contributed by atoms with Crippen LogP contribution in [0.2, 0.25) is 0 Å². The summed E-state index contributed by atoms with van der Waals surface area (Å²) in [5.74, 6) is 0.476. The Kier molecular flexibility index (Phi) is 7.74. The van der Waals surface area contributed by atoms with E-state index < -0.39 is 25.7 Å². The molecule has 2 rings (SSSR count). The zero-order valence-electron chi connectivity index (χ0n) is 13.8. The van der Waals surface area contributed by atoms with E-state index >= 15 is 0 Å². The summed E-state index contributed by atoms with van der Waals surface area (Å²) in [6, 6.07) is 9.47. The minimum absolute atomic E-state index is 0.309. The van der Waals surface area contributed by atoms with Crippen LogP contribution in [0.25, 0.3) is 0 Å². The van der Waals surface area contributed by atoms with Crippen molar-refractivity contribution in [3.63, 3.8) is 0 Å². The highest BCUT2D eigenvalue weighted by Gasteiger charge is 2.33. The van der Waals surface area contributed by atoms with Gasteiger partial charge in [-0.2, -0.15) is 0 Å².